The van der Waals surface area contributed by atoms with Crippen molar-refractivity contribution in [3.63, 3.8) is 0 Å². The van der Waals surface area contributed by atoms with Crippen molar-refractivity contribution in [2.45, 2.75) is 19.9 Å². The summed E-state index contributed by atoms with van der Waals surface area (Å²) >= 11 is 3.33. The van der Waals surface area contributed by atoms with E-state index >= 15 is 0 Å². The Bertz CT molecular complexity index is 465. The van der Waals surface area contributed by atoms with E-state index in [1.165, 1.54) is 0 Å². The third-order valence-corrected chi connectivity index (χ3v) is 4.14. The number of carbonyl (C=O) groups is 1. The molecule has 0 unspecified atom stereocenters. The molecule has 1 amide bonds. The second-order valence-electron chi connectivity index (χ2n) is 4.88. The molecule has 0 aromatic heterocycles. The number of phenolic OH excluding ortho intramolecular Hbond substituents is 1. The van der Waals surface area contributed by atoms with Crippen LogP contribution in [0.5, 0.6) is 5.75 Å². The lowest BCUT2D eigenvalue weighted by atomic mass is 10.2. The molecule has 2 rings (SSSR count). The van der Waals surface area contributed by atoms with Gasteiger partial charge in [-0.05, 0) is 28.4 Å². The fourth-order valence-corrected chi connectivity index (χ4v) is 2.78. The highest BCUT2D eigenvalue weighted by atomic mass is 79.9. The SMILES string of the molecule is CC(=O)N1CCCN(Cc2cccc(Br)c2O)CC1. The van der Waals surface area contributed by atoms with Crippen LogP contribution in [0.3, 0.4) is 0 Å². The van der Waals surface area contributed by atoms with Gasteiger partial charge < -0.3 is 10.0 Å². The molecule has 1 aliphatic rings. The van der Waals surface area contributed by atoms with E-state index in [9.17, 15) is 9.90 Å². The maximum absolute atomic E-state index is 11.4. The van der Waals surface area contributed by atoms with E-state index in [0.29, 0.717) is 5.75 Å². The lowest BCUT2D eigenvalue weighted by Crippen LogP contribution is -2.33. The van der Waals surface area contributed by atoms with E-state index in [-0.39, 0.29) is 5.91 Å². The Kier molecular flexibility index (Phi) is 4.82. The van der Waals surface area contributed by atoms with Crippen LogP contribution in [0.2, 0.25) is 0 Å². The molecule has 1 N–H and O–H groups in total. The van der Waals surface area contributed by atoms with Crippen LogP contribution < -0.4 is 0 Å². The van der Waals surface area contributed by atoms with Gasteiger partial charge in [0.15, 0.2) is 0 Å². The predicted octanol–water partition coefficient (Wildman–Crippen LogP) is 2.21. The highest BCUT2D eigenvalue weighted by Gasteiger charge is 2.17. The van der Waals surface area contributed by atoms with Crippen molar-refractivity contribution >= 4 is 21.8 Å². The second kappa shape index (κ2) is 6.39. The van der Waals surface area contributed by atoms with Gasteiger partial charge in [0, 0.05) is 45.2 Å². The lowest BCUT2D eigenvalue weighted by Gasteiger charge is -2.21. The Morgan fingerprint density at radius 3 is 2.84 bits per heavy atom. The summed E-state index contributed by atoms with van der Waals surface area (Å²) in [4.78, 5) is 15.5. The molecule has 1 aromatic carbocycles. The summed E-state index contributed by atoms with van der Waals surface area (Å²) < 4.78 is 0.727. The number of hydrogen-bond donors (Lipinski definition) is 1. The fourth-order valence-electron chi connectivity index (χ4n) is 2.37. The third-order valence-electron chi connectivity index (χ3n) is 3.50. The molecule has 1 aliphatic heterocycles. The van der Waals surface area contributed by atoms with E-state index in [1.807, 2.05) is 23.1 Å². The first kappa shape index (κ1) is 14.3. The van der Waals surface area contributed by atoms with Crippen LogP contribution in [0, 0.1) is 0 Å². The third kappa shape index (κ3) is 3.70. The monoisotopic (exact) mass is 326 g/mol. The molecule has 104 valence electrons. The molecule has 19 heavy (non-hydrogen) atoms. The Morgan fingerprint density at radius 2 is 2.11 bits per heavy atom. The molecular weight excluding hydrogens is 308 g/mol. The first-order valence-corrected chi connectivity index (χ1v) is 7.31. The first-order chi connectivity index (χ1) is 9.08. The van der Waals surface area contributed by atoms with Gasteiger partial charge in [0.2, 0.25) is 5.91 Å². The van der Waals surface area contributed by atoms with E-state index in [2.05, 4.69) is 20.8 Å². The normalized spacial score (nSPS) is 17.3. The molecule has 0 atom stereocenters. The predicted molar refractivity (Wildman–Crippen MR) is 78.0 cm³/mol. The van der Waals surface area contributed by atoms with Gasteiger partial charge in [-0.3, -0.25) is 9.69 Å². The molecule has 4 nitrogen and oxygen atoms in total. The summed E-state index contributed by atoms with van der Waals surface area (Å²) in [5.74, 6) is 0.460. The molecule has 1 fully saturated rings. The Balaban J connectivity index is 2.00. The maximum atomic E-state index is 11.4. The van der Waals surface area contributed by atoms with Crippen LogP contribution >= 0.6 is 15.9 Å². The lowest BCUT2D eigenvalue weighted by molar-refractivity contribution is -0.128. The minimum Gasteiger partial charge on any atom is -0.506 e. The quantitative estimate of drug-likeness (QED) is 0.906. The van der Waals surface area contributed by atoms with E-state index in [0.717, 1.165) is 49.2 Å². The number of benzene rings is 1. The van der Waals surface area contributed by atoms with E-state index in [4.69, 9.17) is 0 Å². The molecule has 0 aliphatic carbocycles. The number of carbonyl (C=O) groups excluding carboxylic acids is 1. The second-order valence-corrected chi connectivity index (χ2v) is 5.74. The zero-order chi connectivity index (χ0) is 13.8. The molecule has 0 spiro atoms. The van der Waals surface area contributed by atoms with Crippen molar-refractivity contribution in [2.24, 2.45) is 0 Å². The van der Waals surface area contributed by atoms with Gasteiger partial charge in [-0.15, -0.1) is 0 Å². The standard InChI is InChI=1S/C14H19BrN2O2/c1-11(18)17-7-3-6-16(8-9-17)10-12-4-2-5-13(15)14(12)19/h2,4-5,19H,3,6-10H2,1H3. The Morgan fingerprint density at radius 1 is 1.32 bits per heavy atom. The topological polar surface area (TPSA) is 43.8 Å². The van der Waals surface area contributed by atoms with Gasteiger partial charge in [-0.25, -0.2) is 0 Å². The van der Waals surface area contributed by atoms with Gasteiger partial charge in [-0.2, -0.15) is 0 Å². The number of para-hydroxylation sites is 1. The van der Waals surface area contributed by atoms with E-state index < -0.39 is 0 Å². The van der Waals surface area contributed by atoms with Gasteiger partial charge in [0.25, 0.3) is 0 Å². The fraction of sp³-hybridized carbons (Fsp3) is 0.500. The van der Waals surface area contributed by atoms with Crippen LogP contribution in [0.4, 0.5) is 0 Å². The largest absolute Gasteiger partial charge is 0.506 e. The van der Waals surface area contributed by atoms with Gasteiger partial charge in [0.05, 0.1) is 4.47 Å². The van der Waals surface area contributed by atoms with Gasteiger partial charge in [-0.1, -0.05) is 12.1 Å². The highest BCUT2D eigenvalue weighted by Crippen LogP contribution is 2.28. The molecule has 1 heterocycles. The number of amides is 1. The van der Waals surface area contributed by atoms with Crippen molar-refractivity contribution in [2.75, 3.05) is 26.2 Å². The van der Waals surface area contributed by atoms with Crippen LogP contribution in [-0.4, -0.2) is 47.0 Å². The number of nitrogens with zero attached hydrogens (tertiary/aromatic N) is 2. The van der Waals surface area contributed by atoms with E-state index in [1.54, 1.807) is 6.92 Å². The number of phenols is 1. The molecular formula is C14H19BrN2O2. The van der Waals surface area contributed by atoms with Crippen molar-refractivity contribution in [1.29, 1.82) is 0 Å². The minimum absolute atomic E-state index is 0.146. The molecule has 0 saturated carbocycles. The Hall–Kier alpha value is -1.07. The van der Waals surface area contributed by atoms with Crippen molar-refractivity contribution in [1.82, 2.24) is 9.80 Å². The Labute approximate surface area is 122 Å². The average molecular weight is 327 g/mol. The molecule has 1 saturated heterocycles. The average Bonchev–Trinajstić information content (AvgIpc) is 2.60. The van der Waals surface area contributed by atoms with Crippen molar-refractivity contribution < 1.29 is 9.90 Å². The zero-order valence-electron chi connectivity index (χ0n) is 11.1. The molecule has 1 aromatic rings. The number of rotatable bonds is 2. The minimum atomic E-state index is 0.146. The van der Waals surface area contributed by atoms with Gasteiger partial charge in [0.1, 0.15) is 5.75 Å². The smallest absolute Gasteiger partial charge is 0.219 e. The summed E-state index contributed by atoms with van der Waals surface area (Å²) in [6.07, 6.45) is 0.981. The van der Waals surface area contributed by atoms with Crippen molar-refractivity contribution in [3.05, 3.63) is 28.2 Å². The number of halogens is 1. The van der Waals surface area contributed by atoms with Crippen LogP contribution in [0.15, 0.2) is 22.7 Å². The molecule has 0 bridgehead atoms. The zero-order valence-corrected chi connectivity index (χ0v) is 12.7. The first-order valence-electron chi connectivity index (χ1n) is 6.52. The summed E-state index contributed by atoms with van der Waals surface area (Å²) in [5.41, 5.74) is 0.922. The summed E-state index contributed by atoms with van der Waals surface area (Å²) in [6.45, 7) is 5.74. The summed E-state index contributed by atoms with van der Waals surface area (Å²) in [5, 5.41) is 10.0. The molecule has 0 radical (unpaired) electrons. The van der Waals surface area contributed by atoms with Crippen LogP contribution in [0.25, 0.3) is 0 Å². The number of aromatic hydroxyl groups is 1. The van der Waals surface area contributed by atoms with Crippen molar-refractivity contribution in [3.8, 4) is 5.75 Å². The van der Waals surface area contributed by atoms with Crippen LogP contribution in [-0.2, 0) is 11.3 Å². The molecule has 5 heteroatoms. The maximum Gasteiger partial charge on any atom is 0.219 e. The highest BCUT2D eigenvalue weighted by molar-refractivity contribution is 9.10. The summed E-state index contributed by atoms with van der Waals surface area (Å²) in [6, 6.07) is 5.70. The number of hydrogen-bond acceptors (Lipinski definition) is 3. The van der Waals surface area contributed by atoms with Gasteiger partial charge >= 0.3 is 0 Å². The van der Waals surface area contributed by atoms with Crippen LogP contribution in [0.1, 0.15) is 18.9 Å². The summed E-state index contributed by atoms with van der Waals surface area (Å²) in [7, 11) is 0.